The lowest BCUT2D eigenvalue weighted by atomic mass is 10.0. The average Bonchev–Trinajstić information content (AvgIpc) is 2.74. The number of esters is 1. The lowest BCUT2D eigenvalue weighted by Crippen LogP contribution is -2.05. The summed E-state index contributed by atoms with van der Waals surface area (Å²) in [5.41, 5.74) is 0. The van der Waals surface area contributed by atoms with Gasteiger partial charge in [-0.3, -0.25) is 4.79 Å². The largest absolute Gasteiger partial charge is 0.466 e. The summed E-state index contributed by atoms with van der Waals surface area (Å²) in [6.07, 6.45) is 25.6. The van der Waals surface area contributed by atoms with Gasteiger partial charge < -0.3 is 9.84 Å². The SMILES string of the molecule is CCCCCC[C@@H](O)CC=CCCCCCCCC(=O)OCCCCCCCC(C)C. The van der Waals surface area contributed by atoms with Gasteiger partial charge in [-0.25, -0.2) is 0 Å². The summed E-state index contributed by atoms with van der Waals surface area (Å²) in [5.74, 6) is 0.795. The van der Waals surface area contributed by atoms with Gasteiger partial charge in [-0.05, 0) is 44.4 Å². The maximum absolute atomic E-state index is 11.8. The summed E-state index contributed by atoms with van der Waals surface area (Å²) < 4.78 is 5.35. The standard InChI is InChI=1S/C28H54O3/c1-4-5-6-17-22-27(29)23-18-13-9-7-8-10-14-19-24-28(30)31-25-20-15-11-12-16-21-26(2)3/h13,18,26-27,29H,4-12,14-17,19-25H2,1-3H3/t27-/m1/s1. The Bertz CT molecular complexity index is 403. The Morgan fingerprint density at radius 1 is 0.774 bits per heavy atom. The molecule has 184 valence electrons. The van der Waals surface area contributed by atoms with Crippen molar-refractivity contribution in [2.24, 2.45) is 5.92 Å². The second-order valence-corrected chi connectivity index (χ2v) is 9.69. The third kappa shape index (κ3) is 25.3. The highest BCUT2D eigenvalue weighted by molar-refractivity contribution is 5.69. The molecule has 0 unspecified atom stereocenters. The minimum Gasteiger partial charge on any atom is -0.466 e. The molecule has 0 radical (unpaired) electrons. The first-order valence-electron chi connectivity index (χ1n) is 13.5. The molecule has 0 amide bonds. The molecule has 0 fully saturated rings. The van der Waals surface area contributed by atoms with Gasteiger partial charge in [0, 0.05) is 6.42 Å². The van der Waals surface area contributed by atoms with Crippen molar-refractivity contribution < 1.29 is 14.6 Å². The highest BCUT2D eigenvalue weighted by Gasteiger charge is 2.03. The lowest BCUT2D eigenvalue weighted by Gasteiger charge is -2.07. The first-order chi connectivity index (χ1) is 15.1. The molecule has 0 saturated heterocycles. The van der Waals surface area contributed by atoms with Gasteiger partial charge in [-0.2, -0.15) is 0 Å². The van der Waals surface area contributed by atoms with Gasteiger partial charge in [0.2, 0.25) is 0 Å². The smallest absolute Gasteiger partial charge is 0.305 e. The molecule has 0 aliphatic carbocycles. The molecule has 0 aliphatic rings. The van der Waals surface area contributed by atoms with Crippen LogP contribution >= 0.6 is 0 Å². The Hall–Kier alpha value is -0.830. The zero-order chi connectivity index (χ0) is 23.0. The van der Waals surface area contributed by atoms with Gasteiger partial charge in [-0.1, -0.05) is 110 Å². The minimum absolute atomic E-state index is 0.0176. The molecule has 0 aliphatic heterocycles. The van der Waals surface area contributed by atoms with E-state index in [1.165, 1.54) is 70.6 Å². The monoisotopic (exact) mass is 438 g/mol. The van der Waals surface area contributed by atoms with E-state index in [2.05, 4.69) is 32.9 Å². The molecule has 0 saturated carbocycles. The molecule has 1 N–H and O–H groups in total. The van der Waals surface area contributed by atoms with Crippen molar-refractivity contribution in [1.29, 1.82) is 0 Å². The van der Waals surface area contributed by atoms with Crippen LogP contribution in [0.1, 0.15) is 143 Å². The first-order valence-corrected chi connectivity index (χ1v) is 13.5. The first kappa shape index (κ1) is 30.2. The van der Waals surface area contributed by atoms with Gasteiger partial charge in [0.05, 0.1) is 12.7 Å². The average molecular weight is 439 g/mol. The van der Waals surface area contributed by atoms with Crippen molar-refractivity contribution in [3.63, 3.8) is 0 Å². The fraction of sp³-hybridized carbons (Fsp3) is 0.893. The molecular weight excluding hydrogens is 384 g/mol. The highest BCUT2D eigenvalue weighted by atomic mass is 16.5. The van der Waals surface area contributed by atoms with Crippen LogP contribution in [0.3, 0.4) is 0 Å². The molecule has 0 heterocycles. The van der Waals surface area contributed by atoms with E-state index in [0.717, 1.165) is 50.9 Å². The predicted molar refractivity (Wildman–Crippen MR) is 134 cm³/mol. The van der Waals surface area contributed by atoms with Crippen LogP contribution in [0.25, 0.3) is 0 Å². The van der Waals surface area contributed by atoms with Crippen LogP contribution in [0.5, 0.6) is 0 Å². The number of rotatable bonds is 23. The molecule has 3 nitrogen and oxygen atoms in total. The molecular formula is C28H54O3. The summed E-state index contributed by atoms with van der Waals surface area (Å²) in [4.78, 5) is 11.8. The van der Waals surface area contributed by atoms with Crippen molar-refractivity contribution in [2.75, 3.05) is 6.61 Å². The molecule has 0 rings (SSSR count). The van der Waals surface area contributed by atoms with E-state index in [1.807, 2.05) is 0 Å². The van der Waals surface area contributed by atoms with E-state index in [4.69, 9.17) is 4.74 Å². The number of ether oxygens (including phenoxy) is 1. The van der Waals surface area contributed by atoms with Gasteiger partial charge in [0.1, 0.15) is 0 Å². The maximum Gasteiger partial charge on any atom is 0.305 e. The van der Waals surface area contributed by atoms with Crippen LogP contribution in [0, 0.1) is 5.92 Å². The van der Waals surface area contributed by atoms with Crippen molar-refractivity contribution >= 4 is 5.97 Å². The molecule has 0 aromatic carbocycles. The summed E-state index contributed by atoms with van der Waals surface area (Å²) >= 11 is 0. The quantitative estimate of drug-likeness (QED) is 0.0987. The summed E-state index contributed by atoms with van der Waals surface area (Å²) in [7, 11) is 0. The fourth-order valence-corrected chi connectivity index (χ4v) is 3.80. The normalized spacial score (nSPS) is 12.7. The maximum atomic E-state index is 11.8. The van der Waals surface area contributed by atoms with Crippen molar-refractivity contribution in [2.45, 2.75) is 149 Å². The number of aliphatic hydroxyl groups excluding tert-OH is 1. The second kappa shape index (κ2) is 23.8. The van der Waals surface area contributed by atoms with E-state index in [1.54, 1.807) is 0 Å². The van der Waals surface area contributed by atoms with E-state index in [-0.39, 0.29) is 12.1 Å². The van der Waals surface area contributed by atoms with Crippen molar-refractivity contribution in [3.8, 4) is 0 Å². The van der Waals surface area contributed by atoms with Gasteiger partial charge >= 0.3 is 5.97 Å². The van der Waals surface area contributed by atoms with Crippen molar-refractivity contribution in [1.82, 2.24) is 0 Å². The number of carbonyl (C=O) groups excluding carboxylic acids is 1. The Morgan fingerprint density at radius 3 is 2.13 bits per heavy atom. The Morgan fingerprint density at radius 2 is 1.39 bits per heavy atom. The van der Waals surface area contributed by atoms with Crippen LogP contribution in [0.2, 0.25) is 0 Å². The van der Waals surface area contributed by atoms with E-state index >= 15 is 0 Å². The number of hydrogen-bond acceptors (Lipinski definition) is 3. The summed E-state index contributed by atoms with van der Waals surface area (Å²) in [5, 5.41) is 9.93. The molecule has 1 atom stereocenters. The molecule has 0 spiro atoms. The van der Waals surface area contributed by atoms with Crippen LogP contribution in [-0.4, -0.2) is 23.8 Å². The Balaban J connectivity index is 3.31. The zero-order valence-corrected chi connectivity index (χ0v) is 21.2. The molecule has 0 aromatic rings. The van der Waals surface area contributed by atoms with Crippen LogP contribution < -0.4 is 0 Å². The van der Waals surface area contributed by atoms with E-state index in [9.17, 15) is 9.90 Å². The number of carbonyl (C=O) groups is 1. The van der Waals surface area contributed by atoms with Crippen LogP contribution in [0.15, 0.2) is 12.2 Å². The summed E-state index contributed by atoms with van der Waals surface area (Å²) in [6, 6.07) is 0. The van der Waals surface area contributed by atoms with E-state index < -0.39 is 0 Å². The number of allylic oxidation sites excluding steroid dienone is 1. The third-order valence-corrected chi connectivity index (χ3v) is 5.91. The lowest BCUT2D eigenvalue weighted by molar-refractivity contribution is -0.143. The number of unbranched alkanes of at least 4 members (excludes halogenated alkanes) is 12. The highest BCUT2D eigenvalue weighted by Crippen LogP contribution is 2.12. The van der Waals surface area contributed by atoms with Crippen LogP contribution in [0.4, 0.5) is 0 Å². The van der Waals surface area contributed by atoms with Gasteiger partial charge in [0.25, 0.3) is 0 Å². The Labute approximate surface area is 194 Å². The minimum atomic E-state index is -0.164. The molecule has 31 heavy (non-hydrogen) atoms. The Kier molecular flexibility index (Phi) is 23.2. The molecule has 0 aromatic heterocycles. The van der Waals surface area contributed by atoms with Crippen LogP contribution in [-0.2, 0) is 9.53 Å². The zero-order valence-electron chi connectivity index (χ0n) is 21.2. The van der Waals surface area contributed by atoms with Gasteiger partial charge in [-0.15, -0.1) is 0 Å². The topological polar surface area (TPSA) is 46.5 Å². The predicted octanol–water partition coefficient (Wildman–Crippen LogP) is 8.53. The van der Waals surface area contributed by atoms with E-state index in [0.29, 0.717) is 13.0 Å². The molecule has 3 heteroatoms. The number of aliphatic hydroxyl groups is 1. The third-order valence-electron chi connectivity index (χ3n) is 5.91. The second-order valence-electron chi connectivity index (χ2n) is 9.69. The van der Waals surface area contributed by atoms with Gasteiger partial charge in [0.15, 0.2) is 0 Å². The number of hydrogen-bond donors (Lipinski definition) is 1. The molecule has 0 bridgehead atoms. The fourth-order valence-electron chi connectivity index (χ4n) is 3.80. The summed E-state index contributed by atoms with van der Waals surface area (Å²) in [6.45, 7) is 7.37. The van der Waals surface area contributed by atoms with Crippen molar-refractivity contribution in [3.05, 3.63) is 12.2 Å².